The van der Waals surface area contributed by atoms with Crippen molar-refractivity contribution in [1.82, 2.24) is 10.2 Å². The van der Waals surface area contributed by atoms with E-state index in [0.29, 0.717) is 28.3 Å². The molecule has 0 aliphatic heterocycles. The number of thioether (sulfide) groups is 1. The zero-order chi connectivity index (χ0) is 13.7. The number of hydrogen-bond donors (Lipinski definition) is 0. The molecule has 0 saturated heterocycles. The van der Waals surface area contributed by atoms with Crippen LogP contribution < -0.4 is 0 Å². The third-order valence-corrected chi connectivity index (χ3v) is 3.29. The lowest BCUT2D eigenvalue weighted by Gasteiger charge is -1.96. The van der Waals surface area contributed by atoms with Gasteiger partial charge in [-0.2, -0.15) is 0 Å². The summed E-state index contributed by atoms with van der Waals surface area (Å²) in [6, 6.07) is 7.17. The Balaban J connectivity index is 1.97. The first-order valence-electron chi connectivity index (χ1n) is 5.48. The highest BCUT2D eigenvalue weighted by Gasteiger charge is 2.10. The second kappa shape index (κ2) is 6.58. The Labute approximate surface area is 119 Å². The van der Waals surface area contributed by atoms with Gasteiger partial charge >= 0.3 is 5.97 Å². The number of nitrogens with zero attached hydrogens (tertiary/aromatic N) is 2. The fraction of sp³-hybridized carbons (Fsp3) is 0.250. The predicted molar refractivity (Wildman–Crippen MR) is 72.1 cm³/mol. The van der Waals surface area contributed by atoms with Crippen LogP contribution in [0.25, 0.3) is 11.5 Å². The predicted octanol–water partition coefficient (Wildman–Crippen LogP) is 3.05. The van der Waals surface area contributed by atoms with Crippen LogP contribution in [0.4, 0.5) is 0 Å². The number of benzene rings is 1. The van der Waals surface area contributed by atoms with Crippen LogP contribution in [0.5, 0.6) is 0 Å². The van der Waals surface area contributed by atoms with Crippen molar-refractivity contribution in [3.05, 3.63) is 29.3 Å². The Morgan fingerprint density at radius 3 is 3.05 bits per heavy atom. The molecule has 100 valence electrons. The Morgan fingerprint density at radius 2 is 2.32 bits per heavy atom. The standard InChI is InChI=1S/C12H11ClN2O3S/c1-17-10(16)5-6-19-12-15-14-11(18-12)8-3-2-4-9(13)7-8/h2-4,7H,5-6H2,1H3. The molecule has 0 bridgehead atoms. The van der Waals surface area contributed by atoms with Gasteiger partial charge in [-0.1, -0.05) is 29.4 Å². The van der Waals surface area contributed by atoms with Gasteiger partial charge in [-0.15, -0.1) is 10.2 Å². The second-order valence-corrected chi connectivity index (χ2v) is 5.04. The van der Waals surface area contributed by atoms with E-state index < -0.39 is 0 Å². The van der Waals surface area contributed by atoms with Crippen molar-refractivity contribution in [2.24, 2.45) is 0 Å². The fourth-order valence-electron chi connectivity index (χ4n) is 1.33. The smallest absolute Gasteiger partial charge is 0.306 e. The number of halogens is 1. The van der Waals surface area contributed by atoms with Gasteiger partial charge in [0.2, 0.25) is 5.89 Å². The molecular formula is C12H11ClN2O3S. The summed E-state index contributed by atoms with van der Waals surface area (Å²) >= 11 is 7.20. The lowest BCUT2D eigenvalue weighted by molar-refractivity contribution is -0.140. The van der Waals surface area contributed by atoms with Gasteiger partial charge in [-0.25, -0.2) is 0 Å². The summed E-state index contributed by atoms with van der Waals surface area (Å²) in [6.07, 6.45) is 0.302. The molecule has 2 aromatic rings. The van der Waals surface area contributed by atoms with Crippen molar-refractivity contribution in [1.29, 1.82) is 0 Å². The van der Waals surface area contributed by atoms with Crippen LogP contribution in [0.3, 0.4) is 0 Å². The van der Waals surface area contributed by atoms with Crippen LogP contribution in [0.15, 0.2) is 33.9 Å². The molecule has 5 nitrogen and oxygen atoms in total. The number of carbonyl (C=O) groups excluding carboxylic acids is 1. The third kappa shape index (κ3) is 3.97. The molecule has 0 saturated carbocycles. The molecule has 0 unspecified atom stereocenters. The maximum absolute atomic E-state index is 10.9. The van der Waals surface area contributed by atoms with E-state index in [1.807, 2.05) is 12.1 Å². The minimum absolute atomic E-state index is 0.262. The van der Waals surface area contributed by atoms with Crippen molar-refractivity contribution in [2.75, 3.05) is 12.9 Å². The van der Waals surface area contributed by atoms with Crippen LogP contribution in [-0.2, 0) is 9.53 Å². The molecule has 1 aromatic carbocycles. The summed E-state index contributed by atoms with van der Waals surface area (Å²) in [6.45, 7) is 0. The monoisotopic (exact) mass is 298 g/mol. The summed E-state index contributed by atoms with van der Waals surface area (Å²) < 4.78 is 10.0. The van der Waals surface area contributed by atoms with Gasteiger partial charge in [-0.05, 0) is 18.2 Å². The normalized spacial score (nSPS) is 10.4. The molecule has 0 atom stereocenters. The fourth-order valence-corrected chi connectivity index (χ4v) is 2.20. The van der Waals surface area contributed by atoms with Crippen LogP contribution in [-0.4, -0.2) is 29.0 Å². The van der Waals surface area contributed by atoms with E-state index in [-0.39, 0.29) is 5.97 Å². The molecule has 0 N–H and O–H groups in total. The van der Waals surface area contributed by atoms with E-state index in [0.717, 1.165) is 5.56 Å². The van der Waals surface area contributed by atoms with Crippen LogP contribution in [0.2, 0.25) is 5.02 Å². The molecule has 2 rings (SSSR count). The minimum Gasteiger partial charge on any atom is -0.469 e. The molecule has 0 fully saturated rings. The Kier molecular flexibility index (Phi) is 4.81. The van der Waals surface area contributed by atoms with Gasteiger partial charge in [0.25, 0.3) is 5.22 Å². The first-order chi connectivity index (χ1) is 9.19. The minimum atomic E-state index is -0.262. The average molecular weight is 299 g/mol. The number of hydrogen-bond acceptors (Lipinski definition) is 6. The highest BCUT2D eigenvalue weighted by atomic mass is 35.5. The lowest BCUT2D eigenvalue weighted by atomic mass is 10.2. The Hall–Kier alpha value is -1.53. The highest BCUT2D eigenvalue weighted by molar-refractivity contribution is 7.99. The molecule has 0 amide bonds. The third-order valence-electron chi connectivity index (χ3n) is 2.24. The average Bonchev–Trinajstić information content (AvgIpc) is 2.87. The molecule has 0 radical (unpaired) electrons. The van der Waals surface area contributed by atoms with E-state index in [1.54, 1.807) is 12.1 Å². The van der Waals surface area contributed by atoms with Gasteiger partial charge in [-0.3, -0.25) is 4.79 Å². The number of aromatic nitrogens is 2. The molecular weight excluding hydrogens is 288 g/mol. The molecule has 19 heavy (non-hydrogen) atoms. The molecule has 1 heterocycles. The highest BCUT2D eigenvalue weighted by Crippen LogP contribution is 2.25. The van der Waals surface area contributed by atoms with E-state index in [2.05, 4.69) is 14.9 Å². The van der Waals surface area contributed by atoms with Crippen molar-refractivity contribution < 1.29 is 13.9 Å². The summed E-state index contributed by atoms with van der Waals surface area (Å²) in [4.78, 5) is 10.9. The number of esters is 1. The van der Waals surface area contributed by atoms with E-state index in [4.69, 9.17) is 16.0 Å². The van der Waals surface area contributed by atoms with Crippen LogP contribution in [0.1, 0.15) is 6.42 Å². The van der Waals surface area contributed by atoms with Gasteiger partial charge in [0.05, 0.1) is 13.5 Å². The van der Waals surface area contributed by atoms with Crippen molar-refractivity contribution >= 4 is 29.3 Å². The first kappa shape index (κ1) is 13.9. The maximum atomic E-state index is 10.9. The first-order valence-corrected chi connectivity index (χ1v) is 6.84. The van der Waals surface area contributed by atoms with Crippen LogP contribution >= 0.6 is 23.4 Å². The van der Waals surface area contributed by atoms with Crippen molar-refractivity contribution in [3.63, 3.8) is 0 Å². The van der Waals surface area contributed by atoms with Gasteiger partial charge in [0.15, 0.2) is 0 Å². The number of carbonyl (C=O) groups is 1. The quantitative estimate of drug-likeness (QED) is 0.624. The Morgan fingerprint density at radius 1 is 1.47 bits per heavy atom. The van der Waals surface area contributed by atoms with Crippen molar-refractivity contribution in [3.8, 4) is 11.5 Å². The van der Waals surface area contributed by atoms with E-state index >= 15 is 0 Å². The Bertz CT molecular complexity index is 574. The molecule has 1 aromatic heterocycles. The second-order valence-electron chi connectivity index (χ2n) is 3.56. The molecule has 0 aliphatic carbocycles. The van der Waals surface area contributed by atoms with E-state index in [1.165, 1.54) is 18.9 Å². The van der Waals surface area contributed by atoms with Crippen LogP contribution in [0, 0.1) is 0 Å². The summed E-state index contributed by atoms with van der Waals surface area (Å²) in [5.41, 5.74) is 0.764. The summed E-state index contributed by atoms with van der Waals surface area (Å²) in [5.74, 6) is 0.675. The SMILES string of the molecule is COC(=O)CCSc1nnc(-c2cccc(Cl)c2)o1. The zero-order valence-corrected chi connectivity index (χ0v) is 11.7. The van der Waals surface area contributed by atoms with Gasteiger partial charge < -0.3 is 9.15 Å². The van der Waals surface area contributed by atoms with Gasteiger partial charge in [0.1, 0.15) is 0 Å². The summed E-state index contributed by atoms with van der Waals surface area (Å²) in [7, 11) is 1.36. The van der Waals surface area contributed by atoms with Gasteiger partial charge in [0, 0.05) is 16.3 Å². The maximum Gasteiger partial charge on any atom is 0.306 e. The molecule has 0 spiro atoms. The zero-order valence-electron chi connectivity index (χ0n) is 10.1. The van der Waals surface area contributed by atoms with Crippen molar-refractivity contribution in [2.45, 2.75) is 11.6 Å². The number of methoxy groups -OCH3 is 1. The lowest BCUT2D eigenvalue weighted by Crippen LogP contribution is -2.00. The molecule has 7 heteroatoms. The largest absolute Gasteiger partial charge is 0.469 e. The van der Waals surface area contributed by atoms with E-state index in [9.17, 15) is 4.79 Å². The summed E-state index contributed by atoms with van der Waals surface area (Å²) in [5, 5.41) is 8.85. The topological polar surface area (TPSA) is 65.2 Å². The number of ether oxygens (including phenoxy) is 1. The molecule has 0 aliphatic rings. The number of rotatable bonds is 5.